The maximum absolute atomic E-state index is 14.7. The molecule has 1 unspecified atom stereocenters. The molecule has 14 nitrogen and oxygen atoms in total. The maximum atomic E-state index is 14.7. The third-order valence-electron chi connectivity index (χ3n) is 7.05. The Morgan fingerprint density at radius 1 is 1.17 bits per heavy atom. The van der Waals surface area contributed by atoms with Gasteiger partial charge in [0.25, 0.3) is 16.0 Å². The summed E-state index contributed by atoms with van der Waals surface area (Å²) in [7, 11) is -2.40. The molecule has 0 saturated carbocycles. The minimum Gasteiger partial charge on any atom is -0.496 e. The molecule has 1 saturated heterocycles. The third kappa shape index (κ3) is 7.84. The van der Waals surface area contributed by atoms with Crippen molar-refractivity contribution >= 4 is 27.8 Å². The number of anilines is 1. The van der Waals surface area contributed by atoms with Gasteiger partial charge in [-0.1, -0.05) is 12.1 Å². The summed E-state index contributed by atoms with van der Waals surface area (Å²) in [4.78, 5) is 40.7. The molecule has 0 bridgehead atoms. The van der Waals surface area contributed by atoms with Gasteiger partial charge in [-0.3, -0.25) is 18.9 Å². The first-order valence-corrected chi connectivity index (χ1v) is 15.9. The molecule has 1 fully saturated rings. The van der Waals surface area contributed by atoms with Gasteiger partial charge in [0.05, 0.1) is 48.9 Å². The Morgan fingerprint density at radius 2 is 2.00 bits per heavy atom. The number of amides is 2. The van der Waals surface area contributed by atoms with E-state index in [1.165, 1.54) is 73.1 Å². The summed E-state index contributed by atoms with van der Waals surface area (Å²) >= 11 is 0. The Morgan fingerprint density at radius 3 is 2.77 bits per heavy atom. The van der Waals surface area contributed by atoms with Crippen molar-refractivity contribution in [2.75, 3.05) is 44.9 Å². The van der Waals surface area contributed by atoms with Gasteiger partial charge in [-0.2, -0.15) is 13.7 Å². The lowest BCUT2D eigenvalue weighted by Gasteiger charge is -2.34. The number of carbonyl (C=O) groups is 2. The molecule has 4 aromatic rings. The number of nitrogens with zero attached hydrogens (tertiary/aromatic N) is 5. The fourth-order valence-electron chi connectivity index (χ4n) is 4.79. The van der Waals surface area contributed by atoms with E-state index in [1.807, 2.05) is 0 Å². The largest absolute Gasteiger partial charge is 0.496 e. The lowest BCUT2D eigenvalue weighted by atomic mass is 10.0. The van der Waals surface area contributed by atoms with E-state index in [9.17, 15) is 27.7 Å². The number of methoxy groups -OCH3 is 1. The number of aromatic nitrogens is 3. The summed E-state index contributed by atoms with van der Waals surface area (Å²) in [5, 5.41) is 15.4. The molecule has 0 aliphatic carbocycles. The highest BCUT2D eigenvalue weighted by atomic mass is 32.2. The zero-order chi connectivity index (χ0) is 33.6. The topological polar surface area (TPSA) is 186 Å². The number of carbonyl (C=O) groups excluding carboxylic acids is 2. The van der Waals surface area contributed by atoms with Crippen molar-refractivity contribution in [2.45, 2.75) is 6.04 Å². The Kier molecular flexibility index (Phi) is 10.00. The molecule has 0 radical (unpaired) electrons. The molecule has 2 N–H and O–H groups in total. The van der Waals surface area contributed by atoms with Gasteiger partial charge in [0.2, 0.25) is 0 Å². The van der Waals surface area contributed by atoms with Crippen LogP contribution in [0.25, 0.3) is 22.5 Å². The monoisotopic (exact) mass is 661 g/mol. The van der Waals surface area contributed by atoms with E-state index in [1.54, 1.807) is 6.07 Å². The van der Waals surface area contributed by atoms with Gasteiger partial charge < -0.3 is 20.1 Å². The predicted octanol–water partition coefficient (Wildman–Crippen LogP) is 3.23. The van der Waals surface area contributed by atoms with Crippen molar-refractivity contribution in [1.82, 2.24) is 25.2 Å². The molecule has 5 rings (SSSR count). The highest BCUT2D eigenvalue weighted by molar-refractivity contribution is 7.85. The fraction of sp³-hybridized carbons (Fsp3) is 0.226. The zero-order valence-corrected chi connectivity index (χ0v) is 26.0. The van der Waals surface area contributed by atoms with Crippen molar-refractivity contribution in [1.29, 1.82) is 5.26 Å². The highest BCUT2D eigenvalue weighted by Gasteiger charge is 2.30. The standard InChI is InChI=1S/C31H28FN7O7S/c1-44-26-5-3-4-23(32)28(26)29-36-11-9-25(37-29)30(40)38-24-7-6-19(22-17-34-10-8-20(22)15-33)14-27(24)46-31(41)39-13-12-35-16-21(39)18-45-47(2,42)43/h3-11,14,17,21,35H,12-13,16,18H2,1-2H3,(H,38,40). The molecular formula is C31H28FN7O7S. The molecule has 2 aromatic heterocycles. The molecule has 2 aromatic carbocycles. The van der Waals surface area contributed by atoms with Crippen LogP contribution in [0.5, 0.6) is 11.5 Å². The Labute approximate surface area is 269 Å². The van der Waals surface area contributed by atoms with Gasteiger partial charge in [0, 0.05) is 43.8 Å². The number of ether oxygens (including phenoxy) is 2. The van der Waals surface area contributed by atoms with Crippen molar-refractivity contribution in [2.24, 2.45) is 0 Å². The SMILES string of the molecule is COc1cccc(F)c1-c1nccc(C(=O)Nc2ccc(-c3cnccc3C#N)cc2OC(=O)N2CCNCC2COS(C)(=O)=O)n1. The summed E-state index contributed by atoms with van der Waals surface area (Å²) < 4.78 is 53.9. The summed E-state index contributed by atoms with van der Waals surface area (Å²) in [6.07, 6.45) is 4.32. The molecule has 1 atom stereocenters. The molecule has 3 heterocycles. The lowest BCUT2D eigenvalue weighted by Crippen LogP contribution is -2.56. The van der Waals surface area contributed by atoms with Crippen molar-refractivity contribution in [3.63, 3.8) is 0 Å². The molecule has 16 heteroatoms. The molecule has 47 heavy (non-hydrogen) atoms. The Hall–Kier alpha value is -5.50. The van der Waals surface area contributed by atoms with E-state index < -0.39 is 34.0 Å². The number of nitriles is 1. The van der Waals surface area contributed by atoms with Crippen LogP contribution in [-0.4, -0.2) is 85.9 Å². The van der Waals surface area contributed by atoms with Gasteiger partial charge >= 0.3 is 6.09 Å². The van der Waals surface area contributed by atoms with E-state index in [0.717, 1.165) is 6.26 Å². The summed E-state index contributed by atoms with van der Waals surface area (Å²) in [6, 6.07) is 13.0. The van der Waals surface area contributed by atoms with Gasteiger partial charge in [-0.15, -0.1) is 0 Å². The van der Waals surface area contributed by atoms with E-state index >= 15 is 0 Å². The number of piperazine rings is 1. The average molecular weight is 662 g/mol. The van der Waals surface area contributed by atoms with Crippen LogP contribution in [0, 0.1) is 17.1 Å². The van der Waals surface area contributed by atoms with Crippen molar-refractivity contribution in [3.8, 4) is 40.1 Å². The first kappa shape index (κ1) is 32.9. The van der Waals surface area contributed by atoms with Gasteiger partial charge in [0.15, 0.2) is 11.6 Å². The van der Waals surface area contributed by atoms with Gasteiger partial charge in [-0.05, 0) is 42.0 Å². The number of rotatable bonds is 9. The lowest BCUT2D eigenvalue weighted by molar-refractivity contribution is 0.0966. The van der Waals surface area contributed by atoms with E-state index in [0.29, 0.717) is 23.2 Å². The second-order valence-corrected chi connectivity index (χ2v) is 11.8. The van der Waals surface area contributed by atoms with Crippen LogP contribution in [0.4, 0.5) is 14.9 Å². The number of benzene rings is 2. The zero-order valence-electron chi connectivity index (χ0n) is 25.1. The summed E-state index contributed by atoms with van der Waals surface area (Å²) in [5.41, 5.74) is 1.14. The molecule has 1 aliphatic rings. The highest BCUT2D eigenvalue weighted by Crippen LogP contribution is 2.34. The van der Waals surface area contributed by atoms with Crippen LogP contribution in [0.1, 0.15) is 16.1 Å². The van der Waals surface area contributed by atoms with Crippen LogP contribution >= 0.6 is 0 Å². The van der Waals surface area contributed by atoms with Gasteiger partial charge in [-0.25, -0.2) is 19.2 Å². The normalized spacial score (nSPS) is 14.6. The maximum Gasteiger partial charge on any atom is 0.415 e. The predicted molar refractivity (Wildman–Crippen MR) is 167 cm³/mol. The summed E-state index contributed by atoms with van der Waals surface area (Å²) in [6.45, 7) is 0.549. The van der Waals surface area contributed by atoms with Crippen LogP contribution in [0.3, 0.4) is 0 Å². The van der Waals surface area contributed by atoms with Crippen LogP contribution in [0.15, 0.2) is 67.1 Å². The number of nitrogens with one attached hydrogen (secondary N) is 2. The van der Waals surface area contributed by atoms with Crippen molar-refractivity contribution < 1.29 is 36.1 Å². The minimum absolute atomic E-state index is 0.0289. The molecule has 0 spiro atoms. The van der Waals surface area contributed by atoms with E-state index in [2.05, 4.69) is 31.7 Å². The number of hydrogen-bond donors (Lipinski definition) is 2. The third-order valence-corrected chi connectivity index (χ3v) is 7.61. The van der Waals surface area contributed by atoms with E-state index in [4.69, 9.17) is 13.7 Å². The molecular weight excluding hydrogens is 633 g/mol. The Bertz CT molecular complexity index is 1970. The molecule has 1 aliphatic heterocycles. The number of halogens is 1. The number of hydrogen-bond acceptors (Lipinski definition) is 12. The Balaban J connectivity index is 1.47. The van der Waals surface area contributed by atoms with Crippen molar-refractivity contribution in [3.05, 3.63) is 84.2 Å². The molecule has 2 amide bonds. The van der Waals surface area contributed by atoms with Crippen LogP contribution < -0.4 is 20.1 Å². The first-order valence-electron chi connectivity index (χ1n) is 14.1. The average Bonchev–Trinajstić information content (AvgIpc) is 3.07. The fourth-order valence-corrected chi connectivity index (χ4v) is 5.19. The van der Waals surface area contributed by atoms with Gasteiger partial charge in [0.1, 0.15) is 17.3 Å². The van der Waals surface area contributed by atoms with Crippen LogP contribution in [0.2, 0.25) is 0 Å². The quantitative estimate of drug-likeness (QED) is 0.250. The number of pyridine rings is 1. The second kappa shape index (κ2) is 14.3. The smallest absolute Gasteiger partial charge is 0.415 e. The minimum atomic E-state index is -3.77. The van der Waals surface area contributed by atoms with Crippen LogP contribution in [-0.2, 0) is 14.3 Å². The molecule has 242 valence electrons. The summed E-state index contributed by atoms with van der Waals surface area (Å²) in [5.74, 6) is -1.37. The second-order valence-electron chi connectivity index (χ2n) is 10.2. The first-order chi connectivity index (χ1) is 22.6. The van der Waals surface area contributed by atoms with E-state index in [-0.39, 0.29) is 54.0 Å².